The molecule has 1 aromatic carbocycles. The van der Waals surface area contributed by atoms with Crippen LogP contribution in [0.3, 0.4) is 0 Å². The minimum atomic E-state index is -0.524. The van der Waals surface area contributed by atoms with Crippen molar-refractivity contribution >= 4 is 17.5 Å². The number of piperazine rings is 1. The Kier molecular flexibility index (Phi) is 8.10. The van der Waals surface area contributed by atoms with Gasteiger partial charge < -0.3 is 20.4 Å². The van der Waals surface area contributed by atoms with Gasteiger partial charge in [-0.25, -0.2) is 0 Å². The van der Waals surface area contributed by atoms with Gasteiger partial charge in [-0.15, -0.1) is 0 Å². The van der Waals surface area contributed by atoms with Crippen LogP contribution in [0.4, 0.5) is 5.69 Å². The van der Waals surface area contributed by atoms with Crippen molar-refractivity contribution in [2.24, 2.45) is 0 Å². The molecule has 0 radical (unpaired) electrons. The smallest absolute Gasteiger partial charge is 0.309 e. The second-order valence-corrected chi connectivity index (χ2v) is 8.86. The molecule has 1 saturated carbocycles. The summed E-state index contributed by atoms with van der Waals surface area (Å²) in [7, 11) is 6.19. The van der Waals surface area contributed by atoms with Crippen LogP contribution in [0.5, 0.6) is 0 Å². The molecule has 2 amide bonds. The summed E-state index contributed by atoms with van der Waals surface area (Å²) in [6.45, 7) is 4.33. The van der Waals surface area contributed by atoms with Crippen LogP contribution in [0.15, 0.2) is 24.3 Å². The van der Waals surface area contributed by atoms with E-state index in [1.165, 1.54) is 6.42 Å². The molecule has 166 valence electrons. The van der Waals surface area contributed by atoms with Crippen LogP contribution in [0.25, 0.3) is 0 Å². The van der Waals surface area contributed by atoms with Crippen molar-refractivity contribution in [2.45, 2.75) is 44.2 Å². The molecule has 2 N–H and O–H groups in total. The zero-order chi connectivity index (χ0) is 21.5. The largest absolute Gasteiger partial charge is 0.378 e. The number of nitrogens with one attached hydrogen (secondary N) is 2. The fourth-order valence-corrected chi connectivity index (χ4v) is 4.35. The zero-order valence-electron chi connectivity index (χ0n) is 18.7. The van der Waals surface area contributed by atoms with E-state index in [0.29, 0.717) is 6.54 Å². The summed E-state index contributed by atoms with van der Waals surface area (Å²) in [5.41, 5.74) is 2.31. The number of amides is 2. The highest BCUT2D eigenvalue weighted by Crippen LogP contribution is 2.24. The van der Waals surface area contributed by atoms with Crippen LogP contribution >= 0.6 is 0 Å². The van der Waals surface area contributed by atoms with E-state index in [-0.39, 0.29) is 12.1 Å². The van der Waals surface area contributed by atoms with E-state index < -0.39 is 11.8 Å². The third-order valence-electron chi connectivity index (χ3n) is 6.38. The standard InChI is InChI=1S/C23H37N5O2/c1-26(2)20-11-9-18(10-12-20)21(28-15-13-27(3)14-16-28)17-24-22(29)23(30)25-19-7-5-4-6-8-19/h9-12,19,21H,4-8,13-17H2,1-3H3,(H,24,29)(H,25,30). The van der Waals surface area contributed by atoms with Gasteiger partial charge in [-0.1, -0.05) is 31.4 Å². The quantitative estimate of drug-likeness (QED) is 0.691. The van der Waals surface area contributed by atoms with Crippen molar-refractivity contribution in [3.63, 3.8) is 0 Å². The molecular formula is C23H37N5O2. The van der Waals surface area contributed by atoms with Crippen LogP contribution in [0.2, 0.25) is 0 Å². The van der Waals surface area contributed by atoms with Gasteiger partial charge in [0.2, 0.25) is 0 Å². The molecule has 1 saturated heterocycles. The van der Waals surface area contributed by atoms with Crippen molar-refractivity contribution in [3.8, 4) is 0 Å². The Morgan fingerprint density at radius 2 is 1.63 bits per heavy atom. The Bertz CT molecular complexity index is 692. The van der Waals surface area contributed by atoms with Crippen molar-refractivity contribution in [1.82, 2.24) is 20.4 Å². The first-order valence-corrected chi connectivity index (χ1v) is 11.2. The van der Waals surface area contributed by atoms with Crippen molar-refractivity contribution in [1.29, 1.82) is 0 Å². The summed E-state index contributed by atoms with van der Waals surface area (Å²) in [5, 5.41) is 5.81. The summed E-state index contributed by atoms with van der Waals surface area (Å²) in [5.74, 6) is -1.02. The monoisotopic (exact) mass is 415 g/mol. The highest BCUT2D eigenvalue weighted by atomic mass is 16.2. The predicted molar refractivity (Wildman–Crippen MR) is 121 cm³/mol. The van der Waals surface area contributed by atoms with Gasteiger partial charge in [-0.3, -0.25) is 14.5 Å². The number of likely N-dealkylation sites (N-methyl/N-ethyl adjacent to an activating group) is 1. The summed E-state index contributed by atoms with van der Waals surface area (Å²) in [6.07, 6.45) is 5.42. The fraction of sp³-hybridized carbons (Fsp3) is 0.652. The maximum atomic E-state index is 12.5. The van der Waals surface area contributed by atoms with Gasteiger partial charge in [-0.2, -0.15) is 0 Å². The Hall–Kier alpha value is -2.12. The second kappa shape index (κ2) is 10.8. The summed E-state index contributed by atoms with van der Waals surface area (Å²) >= 11 is 0. The van der Waals surface area contributed by atoms with Gasteiger partial charge >= 0.3 is 11.8 Å². The van der Waals surface area contributed by atoms with E-state index in [4.69, 9.17) is 0 Å². The Labute approximate surface area is 180 Å². The maximum Gasteiger partial charge on any atom is 0.309 e. The van der Waals surface area contributed by atoms with Crippen LogP contribution < -0.4 is 15.5 Å². The minimum Gasteiger partial charge on any atom is -0.378 e. The van der Waals surface area contributed by atoms with E-state index in [1.54, 1.807) is 0 Å². The molecular weight excluding hydrogens is 378 g/mol. The average molecular weight is 416 g/mol. The summed E-state index contributed by atoms with van der Waals surface area (Å²) in [4.78, 5) is 31.6. The normalized spacial score (nSPS) is 19.8. The highest BCUT2D eigenvalue weighted by molar-refractivity contribution is 6.35. The van der Waals surface area contributed by atoms with Crippen LogP contribution in [-0.2, 0) is 9.59 Å². The lowest BCUT2D eigenvalue weighted by molar-refractivity contribution is -0.139. The predicted octanol–water partition coefficient (Wildman–Crippen LogP) is 1.61. The van der Waals surface area contributed by atoms with Gasteiger partial charge in [0.1, 0.15) is 0 Å². The average Bonchev–Trinajstić information content (AvgIpc) is 2.76. The highest BCUT2D eigenvalue weighted by Gasteiger charge is 2.26. The first kappa shape index (κ1) is 22.6. The van der Waals surface area contributed by atoms with Crippen LogP contribution in [-0.4, -0.2) is 81.5 Å². The fourth-order valence-electron chi connectivity index (χ4n) is 4.35. The number of hydrogen-bond acceptors (Lipinski definition) is 5. The van der Waals surface area contributed by atoms with Gasteiger partial charge in [0, 0.05) is 58.5 Å². The molecule has 7 heteroatoms. The number of anilines is 1. The molecule has 1 aliphatic carbocycles. The molecule has 1 aromatic rings. The maximum absolute atomic E-state index is 12.5. The lowest BCUT2D eigenvalue weighted by Crippen LogP contribution is -2.50. The number of carbonyl (C=O) groups excluding carboxylic acids is 2. The molecule has 0 aromatic heterocycles. The molecule has 2 fully saturated rings. The lowest BCUT2D eigenvalue weighted by Gasteiger charge is -2.38. The third kappa shape index (κ3) is 6.19. The number of benzene rings is 1. The second-order valence-electron chi connectivity index (χ2n) is 8.86. The molecule has 2 aliphatic rings. The molecule has 3 rings (SSSR count). The first-order chi connectivity index (χ1) is 14.4. The Morgan fingerprint density at radius 1 is 1.00 bits per heavy atom. The van der Waals surface area contributed by atoms with Crippen molar-refractivity contribution in [2.75, 3.05) is 58.8 Å². The van der Waals surface area contributed by atoms with E-state index in [9.17, 15) is 9.59 Å². The van der Waals surface area contributed by atoms with Gasteiger partial charge in [0.25, 0.3) is 0 Å². The molecule has 1 aliphatic heterocycles. The van der Waals surface area contributed by atoms with E-state index in [0.717, 1.165) is 63.1 Å². The summed E-state index contributed by atoms with van der Waals surface area (Å²) < 4.78 is 0. The molecule has 1 heterocycles. The lowest BCUT2D eigenvalue weighted by atomic mass is 9.95. The van der Waals surface area contributed by atoms with Crippen LogP contribution in [0.1, 0.15) is 43.7 Å². The van der Waals surface area contributed by atoms with Crippen molar-refractivity contribution in [3.05, 3.63) is 29.8 Å². The van der Waals surface area contributed by atoms with Gasteiger partial charge in [0.05, 0.1) is 6.04 Å². The van der Waals surface area contributed by atoms with Gasteiger partial charge in [0.15, 0.2) is 0 Å². The van der Waals surface area contributed by atoms with Gasteiger partial charge in [-0.05, 0) is 37.6 Å². The number of hydrogen-bond donors (Lipinski definition) is 2. The van der Waals surface area contributed by atoms with Crippen molar-refractivity contribution < 1.29 is 9.59 Å². The van der Waals surface area contributed by atoms with E-state index in [2.05, 4.69) is 56.6 Å². The first-order valence-electron chi connectivity index (χ1n) is 11.2. The zero-order valence-corrected chi connectivity index (χ0v) is 18.7. The van der Waals surface area contributed by atoms with Crippen LogP contribution in [0, 0.1) is 0 Å². The number of rotatable bonds is 6. The molecule has 1 atom stereocenters. The SMILES string of the molecule is CN1CCN(C(CNC(=O)C(=O)NC2CCCCC2)c2ccc(N(C)C)cc2)CC1. The molecule has 1 unspecified atom stereocenters. The topological polar surface area (TPSA) is 67.9 Å². The Balaban J connectivity index is 1.62. The van der Waals surface area contributed by atoms with E-state index >= 15 is 0 Å². The Morgan fingerprint density at radius 3 is 2.23 bits per heavy atom. The summed E-state index contributed by atoms with van der Waals surface area (Å²) in [6, 6.07) is 8.68. The minimum absolute atomic E-state index is 0.0568. The molecule has 0 spiro atoms. The van der Waals surface area contributed by atoms with E-state index in [1.807, 2.05) is 14.1 Å². The molecule has 30 heavy (non-hydrogen) atoms. The molecule has 7 nitrogen and oxygen atoms in total. The third-order valence-corrected chi connectivity index (χ3v) is 6.38. The number of carbonyl (C=O) groups is 2. The molecule has 0 bridgehead atoms. The number of nitrogens with zero attached hydrogens (tertiary/aromatic N) is 3.